The van der Waals surface area contributed by atoms with Gasteiger partial charge >= 0.3 is 6.16 Å². The van der Waals surface area contributed by atoms with Gasteiger partial charge in [0, 0.05) is 23.7 Å². The molecule has 0 saturated carbocycles. The van der Waals surface area contributed by atoms with Gasteiger partial charge in [0.25, 0.3) is 0 Å². The third-order valence-corrected chi connectivity index (χ3v) is 6.16. The number of methoxy groups -OCH3 is 1. The Morgan fingerprint density at radius 1 is 1.26 bits per heavy atom. The van der Waals surface area contributed by atoms with Crippen LogP contribution in [0, 0.1) is 12.7 Å². The highest BCUT2D eigenvalue weighted by Gasteiger charge is 2.46. The maximum atomic E-state index is 14.1. The Labute approximate surface area is 204 Å². The van der Waals surface area contributed by atoms with E-state index in [-0.39, 0.29) is 18.3 Å². The van der Waals surface area contributed by atoms with E-state index in [0.29, 0.717) is 15.6 Å². The first-order chi connectivity index (χ1) is 16.0. The second kappa shape index (κ2) is 11.0. The molecule has 1 aromatic carbocycles. The van der Waals surface area contributed by atoms with Gasteiger partial charge in [0.2, 0.25) is 12.2 Å². The summed E-state index contributed by atoms with van der Waals surface area (Å²) in [5.74, 6) is -0.291. The number of rotatable bonds is 7. The van der Waals surface area contributed by atoms with E-state index in [4.69, 9.17) is 14.2 Å². The van der Waals surface area contributed by atoms with Crippen LogP contribution >= 0.6 is 15.9 Å². The van der Waals surface area contributed by atoms with Crippen LogP contribution in [0.25, 0.3) is 0 Å². The van der Waals surface area contributed by atoms with Crippen molar-refractivity contribution in [2.75, 3.05) is 13.7 Å². The van der Waals surface area contributed by atoms with Gasteiger partial charge < -0.3 is 34.3 Å². The molecule has 1 aliphatic heterocycles. The van der Waals surface area contributed by atoms with E-state index in [1.165, 1.54) is 6.07 Å². The molecular formula is C22H28BrFN2O8. The molecule has 1 aromatic heterocycles. The lowest BCUT2D eigenvalue weighted by Crippen LogP contribution is -2.60. The average molecular weight is 547 g/mol. The second-order valence-corrected chi connectivity index (χ2v) is 9.08. The zero-order valence-corrected chi connectivity index (χ0v) is 20.7. The molecule has 0 radical (unpaired) electrons. The molecule has 10 nitrogen and oxygen atoms in total. The summed E-state index contributed by atoms with van der Waals surface area (Å²) in [7, 11) is 1.12. The van der Waals surface area contributed by atoms with Gasteiger partial charge in [0.05, 0.1) is 11.6 Å². The molecule has 1 fully saturated rings. The quantitative estimate of drug-likeness (QED) is 0.447. The molecule has 0 spiro atoms. The van der Waals surface area contributed by atoms with Gasteiger partial charge in [0.15, 0.2) is 0 Å². The fourth-order valence-corrected chi connectivity index (χ4v) is 3.90. The number of hydrogen-bond donors (Lipinski definition) is 3. The van der Waals surface area contributed by atoms with Gasteiger partial charge in [-0.25, -0.2) is 9.18 Å². The highest BCUT2D eigenvalue weighted by Crippen LogP contribution is 2.31. The summed E-state index contributed by atoms with van der Waals surface area (Å²) in [5, 5.41) is 35.5. The normalized spacial score (nSPS) is 24.8. The molecule has 1 aliphatic rings. The maximum absolute atomic E-state index is 14.1. The highest BCUT2D eigenvalue weighted by atomic mass is 79.9. The highest BCUT2D eigenvalue weighted by molar-refractivity contribution is 9.10. The molecule has 0 bridgehead atoms. The Kier molecular flexibility index (Phi) is 8.52. The van der Waals surface area contributed by atoms with Crippen molar-refractivity contribution in [2.45, 2.75) is 63.9 Å². The minimum atomic E-state index is -1.64. The summed E-state index contributed by atoms with van der Waals surface area (Å²) < 4.78 is 36.8. The Bertz CT molecular complexity index is 1020. The van der Waals surface area contributed by atoms with E-state index in [0.717, 1.165) is 12.8 Å². The van der Waals surface area contributed by atoms with Crippen molar-refractivity contribution in [1.82, 2.24) is 9.78 Å². The van der Waals surface area contributed by atoms with Gasteiger partial charge in [-0.3, -0.25) is 4.68 Å². The lowest BCUT2D eigenvalue weighted by molar-refractivity contribution is -0.278. The van der Waals surface area contributed by atoms with Crippen molar-refractivity contribution in [3.8, 4) is 5.88 Å². The monoisotopic (exact) mass is 546 g/mol. The fourth-order valence-electron chi connectivity index (χ4n) is 3.65. The number of aliphatic hydroxyl groups is 3. The zero-order valence-electron chi connectivity index (χ0n) is 19.1. The topological polar surface area (TPSA) is 132 Å². The molecule has 188 valence electrons. The number of halogens is 2. The van der Waals surface area contributed by atoms with Crippen LogP contribution in [0.15, 0.2) is 22.7 Å². The van der Waals surface area contributed by atoms with Gasteiger partial charge in [-0.05, 0) is 54.4 Å². The van der Waals surface area contributed by atoms with Crippen molar-refractivity contribution in [3.63, 3.8) is 0 Å². The summed E-state index contributed by atoms with van der Waals surface area (Å²) >= 11 is 3.14. The Balaban J connectivity index is 1.88. The molecule has 3 rings (SSSR count). The number of carbonyl (C=O) groups is 1. The van der Waals surface area contributed by atoms with E-state index < -0.39 is 49.3 Å². The molecule has 12 heteroatoms. The number of carbonyl (C=O) groups excluding carboxylic acids is 1. The van der Waals surface area contributed by atoms with Crippen molar-refractivity contribution in [3.05, 3.63) is 45.3 Å². The average Bonchev–Trinajstić information content (AvgIpc) is 3.10. The van der Waals surface area contributed by atoms with Crippen LogP contribution in [0.2, 0.25) is 0 Å². The lowest BCUT2D eigenvalue weighted by atomic mass is 9.99. The number of aromatic nitrogens is 2. The largest absolute Gasteiger partial charge is 0.508 e. The van der Waals surface area contributed by atoms with Crippen LogP contribution in [0.1, 0.15) is 36.7 Å². The van der Waals surface area contributed by atoms with E-state index >= 15 is 0 Å². The minimum absolute atomic E-state index is 0.0245. The summed E-state index contributed by atoms with van der Waals surface area (Å²) in [6.45, 7) is 5.26. The van der Waals surface area contributed by atoms with Gasteiger partial charge in [-0.2, -0.15) is 0 Å². The van der Waals surface area contributed by atoms with Gasteiger partial charge in [-0.1, -0.05) is 6.07 Å². The Hall–Kier alpha value is -2.25. The molecule has 1 saturated heterocycles. The number of benzene rings is 1. The van der Waals surface area contributed by atoms with E-state index in [2.05, 4.69) is 25.8 Å². The minimum Gasteiger partial charge on any atom is -0.443 e. The predicted octanol–water partition coefficient (Wildman–Crippen LogP) is 2.23. The molecule has 3 N–H and O–H groups in total. The fraction of sp³-hybridized carbons (Fsp3) is 0.545. The molecule has 1 unspecified atom stereocenters. The van der Waals surface area contributed by atoms with Crippen molar-refractivity contribution >= 4 is 22.1 Å². The van der Waals surface area contributed by atoms with Gasteiger partial charge in [0.1, 0.15) is 36.8 Å². The van der Waals surface area contributed by atoms with E-state index in [1.54, 1.807) is 16.8 Å². The molecular weight excluding hydrogens is 519 g/mol. The van der Waals surface area contributed by atoms with Crippen LogP contribution in [-0.4, -0.2) is 75.7 Å². The molecule has 2 aromatic rings. The van der Waals surface area contributed by atoms with Crippen molar-refractivity contribution < 1.29 is 43.5 Å². The lowest BCUT2D eigenvalue weighted by Gasteiger charge is -2.39. The van der Waals surface area contributed by atoms with Crippen LogP contribution in [0.4, 0.5) is 9.18 Å². The number of aliphatic hydroxyl groups excluding tert-OH is 3. The van der Waals surface area contributed by atoms with Gasteiger partial charge in [-0.15, -0.1) is 5.10 Å². The first-order valence-electron chi connectivity index (χ1n) is 10.6. The molecule has 0 aliphatic carbocycles. The number of ether oxygens (including phenoxy) is 4. The second-order valence-electron chi connectivity index (χ2n) is 8.23. The molecule has 2 heterocycles. The number of nitrogens with zero attached hydrogens (tertiary/aromatic N) is 2. The van der Waals surface area contributed by atoms with Crippen LogP contribution in [0.3, 0.4) is 0 Å². The first-order valence-corrected chi connectivity index (χ1v) is 11.4. The Morgan fingerprint density at radius 2 is 1.97 bits per heavy atom. The smallest absolute Gasteiger partial charge is 0.443 e. The molecule has 34 heavy (non-hydrogen) atoms. The van der Waals surface area contributed by atoms with E-state index in [9.17, 15) is 24.5 Å². The molecule has 0 amide bonds. The molecule has 5 atom stereocenters. The van der Waals surface area contributed by atoms with Crippen LogP contribution in [-0.2, 0) is 20.6 Å². The third-order valence-electron chi connectivity index (χ3n) is 5.52. The zero-order chi connectivity index (χ0) is 25.2. The summed E-state index contributed by atoms with van der Waals surface area (Å²) in [5.41, 5.74) is 2.07. The van der Waals surface area contributed by atoms with E-state index in [1.807, 2.05) is 20.8 Å². The first kappa shape index (κ1) is 26.4. The summed E-state index contributed by atoms with van der Waals surface area (Å²) in [6.07, 6.45) is -8.14. The van der Waals surface area contributed by atoms with Crippen molar-refractivity contribution in [2.24, 2.45) is 0 Å². The SMILES string of the molecule is COC(=O)OC[C@H]1OC(Oc2nn(C(C)C)c(C)c2Cc2ccc(Br)c(F)c2)[C@H](O)[C@@H](O)[C@@H]1O. The predicted molar refractivity (Wildman–Crippen MR) is 120 cm³/mol. The maximum Gasteiger partial charge on any atom is 0.508 e. The van der Waals surface area contributed by atoms with Crippen LogP contribution in [0.5, 0.6) is 5.88 Å². The third kappa shape index (κ3) is 5.69. The van der Waals surface area contributed by atoms with Crippen LogP contribution < -0.4 is 4.74 Å². The summed E-state index contributed by atoms with van der Waals surface area (Å²) in [6, 6.07) is 4.73. The Morgan fingerprint density at radius 3 is 2.59 bits per heavy atom. The van der Waals surface area contributed by atoms with Crippen molar-refractivity contribution in [1.29, 1.82) is 0 Å². The summed E-state index contributed by atoms with van der Waals surface area (Å²) in [4.78, 5) is 11.3. The number of hydrogen-bond acceptors (Lipinski definition) is 9. The standard InChI is InChI=1S/C22H28BrFN2O8/c1-10(2)26-11(3)13(7-12-5-6-14(23)15(24)8-12)20(25-26)34-21-19(29)18(28)17(27)16(33-21)9-32-22(30)31-4/h5-6,8,10,16-19,21,27-29H,7,9H2,1-4H3/t16-,17-,18+,19-,21?/m1/s1.